The standard InChI is InChI=1S/C15H13F2N5/c16-10-1-2-14(13(17)5-10)22-4-3-11(9-22)21-15-8-19-12(6-18)7-20-15/h1-2,5,7-8,11H,3-4,9H2,(H,20,21). The molecule has 1 unspecified atom stereocenters. The van der Waals surface area contributed by atoms with Crippen LogP contribution in [0.2, 0.25) is 0 Å². The minimum Gasteiger partial charge on any atom is -0.367 e. The van der Waals surface area contributed by atoms with E-state index in [0.717, 1.165) is 12.5 Å². The van der Waals surface area contributed by atoms with Crippen LogP contribution in [-0.2, 0) is 0 Å². The van der Waals surface area contributed by atoms with Crippen molar-refractivity contribution in [2.24, 2.45) is 0 Å². The quantitative estimate of drug-likeness (QED) is 0.942. The van der Waals surface area contributed by atoms with Crippen molar-refractivity contribution in [3.05, 3.63) is 47.9 Å². The molecule has 0 spiro atoms. The maximum absolute atomic E-state index is 13.8. The van der Waals surface area contributed by atoms with Gasteiger partial charge in [0.1, 0.15) is 23.5 Å². The number of rotatable bonds is 3. The first-order valence-corrected chi connectivity index (χ1v) is 6.84. The third kappa shape index (κ3) is 2.96. The Morgan fingerprint density at radius 2 is 2.14 bits per heavy atom. The summed E-state index contributed by atoms with van der Waals surface area (Å²) in [4.78, 5) is 9.91. The van der Waals surface area contributed by atoms with Crippen molar-refractivity contribution >= 4 is 11.5 Å². The SMILES string of the molecule is N#Cc1cnc(NC2CCN(c3ccc(F)cc3F)C2)cn1. The number of hydrogen-bond acceptors (Lipinski definition) is 5. The summed E-state index contributed by atoms with van der Waals surface area (Å²) in [6, 6.07) is 5.59. The molecule has 22 heavy (non-hydrogen) atoms. The van der Waals surface area contributed by atoms with E-state index < -0.39 is 11.6 Å². The van der Waals surface area contributed by atoms with Gasteiger partial charge in [0.05, 0.1) is 18.1 Å². The van der Waals surface area contributed by atoms with Gasteiger partial charge in [0.2, 0.25) is 0 Å². The fraction of sp³-hybridized carbons (Fsp3) is 0.267. The van der Waals surface area contributed by atoms with Gasteiger partial charge in [-0.05, 0) is 18.6 Å². The highest BCUT2D eigenvalue weighted by Gasteiger charge is 2.24. The summed E-state index contributed by atoms with van der Waals surface area (Å²) in [5.74, 6) is -0.563. The Balaban J connectivity index is 1.65. The molecule has 0 radical (unpaired) electrons. The average molecular weight is 301 g/mol. The van der Waals surface area contributed by atoms with Gasteiger partial charge < -0.3 is 10.2 Å². The van der Waals surface area contributed by atoms with Crippen molar-refractivity contribution in [1.82, 2.24) is 9.97 Å². The topological polar surface area (TPSA) is 64.8 Å². The van der Waals surface area contributed by atoms with E-state index in [1.807, 2.05) is 11.0 Å². The van der Waals surface area contributed by atoms with Gasteiger partial charge in [0, 0.05) is 25.2 Å². The molecule has 1 aromatic carbocycles. The molecular formula is C15H13F2N5. The second-order valence-electron chi connectivity index (χ2n) is 5.07. The van der Waals surface area contributed by atoms with E-state index in [0.29, 0.717) is 24.6 Å². The van der Waals surface area contributed by atoms with Crippen LogP contribution in [0.25, 0.3) is 0 Å². The highest BCUT2D eigenvalue weighted by molar-refractivity contribution is 5.50. The first kappa shape index (κ1) is 14.2. The van der Waals surface area contributed by atoms with Crippen LogP contribution in [0.5, 0.6) is 0 Å². The summed E-state index contributed by atoms with van der Waals surface area (Å²) in [5, 5.41) is 11.9. The number of hydrogen-bond donors (Lipinski definition) is 1. The molecule has 1 aliphatic rings. The number of aromatic nitrogens is 2. The Morgan fingerprint density at radius 3 is 2.82 bits per heavy atom. The second-order valence-corrected chi connectivity index (χ2v) is 5.07. The monoisotopic (exact) mass is 301 g/mol. The van der Waals surface area contributed by atoms with Crippen LogP contribution in [-0.4, -0.2) is 29.1 Å². The number of nitrogens with one attached hydrogen (secondary N) is 1. The van der Waals surface area contributed by atoms with Crippen molar-refractivity contribution in [3.63, 3.8) is 0 Å². The third-order valence-corrected chi connectivity index (χ3v) is 3.56. The maximum atomic E-state index is 13.8. The van der Waals surface area contributed by atoms with Crippen LogP contribution in [0.15, 0.2) is 30.6 Å². The van der Waals surface area contributed by atoms with E-state index in [-0.39, 0.29) is 11.7 Å². The zero-order chi connectivity index (χ0) is 15.5. The first-order valence-electron chi connectivity index (χ1n) is 6.84. The molecule has 0 amide bonds. The van der Waals surface area contributed by atoms with Gasteiger partial charge in [-0.25, -0.2) is 18.7 Å². The Bertz CT molecular complexity index is 711. The minimum atomic E-state index is -0.581. The van der Waals surface area contributed by atoms with E-state index in [9.17, 15) is 8.78 Å². The molecule has 1 aromatic heterocycles. The van der Waals surface area contributed by atoms with Gasteiger partial charge in [0.25, 0.3) is 0 Å². The molecular weight excluding hydrogens is 288 g/mol. The molecule has 1 N–H and O–H groups in total. The summed E-state index contributed by atoms with van der Waals surface area (Å²) in [5.41, 5.74) is 0.656. The number of halogens is 2. The maximum Gasteiger partial charge on any atom is 0.158 e. The summed E-state index contributed by atoms with van der Waals surface area (Å²) >= 11 is 0. The van der Waals surface area contributed by atoms with E-state index >= 15 is 0 Å². The van der Waals surface area contributed by atoms with Crippen LogP contribution in [0.4, 0.5) is 20.3 Å². The van der Waals surface area contributed by atoms with E-state index in [2.05, 4.69) is 15.3 Å². The van der Waals surface area contributed by atoms with Gasteiger partial charge >= 0.3 is 0 Å². The van der Waals surface area contributed by atoms with Crippen LogP contribution in [0.1, 0.15) is 12.1 Å². The summed E-state index contributed by atoms with van der Waals surface area (Å²) in [7, 11) is 0. The molecule has 7 heteroatoms. The number of benzene rings is 1. The van der Waals surface area contributed by atoms with E-state index in [4.69, 9.17) is 5.26 Å². The molecule has 0 aliphatic carbocycles. The summed E-state index contributed by atoms with van der Waals surface area (Å²) in [6.45, 7) is 1.26. The molecule has 5 nitrogen and oxygen atoms in total. The molecule has 1 aliphatic heterocycles. The summed E-state index contributed by atoms with van der Waals surface area (Å²) in [6.07, 6.45) is 3.70. The van der Waals surface area contributed by atoms with Crippen molar-refractivity contribution in [1.29, 1.82) is 5.26 Å². The average Bonchev–Trinajstić information content (AvgIpc) is 2.96. The Morgan fingerprint density at radius 1 is 1.27 bits per heavy atom. The molecule has 0 saturated carbocycles. The lowest BCUT2D eigenvalue weighted by atomic mass is 10.2. The van der Waals surface area contributed by atoms with Gasteiger partial charge in [-0.15, -0.1) is 0 Å². The third-order valence-electron chi connectivity index (χ3n) is 3.56. The van der Waals surface area contributed by atoms with Gasteiger partial charge in [-0.1, -0.05) is 0 Å². The molecule has 2 heterocycles. The van der Waals surface area contributed by atoms with Gasteiger partial charge in [0.15, 0.2) is 5.69 Å². The molecule has 2 aromatic rings. The highest BCUT2D eigenvalue weighted by atomic mass is 19.1. The lowest BCUT2D eigenvalue weighted by Gasteiger charge is -2.19. The number of nitriles is 1. The van der Waals surface area contributed by atoms with Gasteiger partial charge in [-0.3, -0.25) is 0 Å². The zero-order valence-electron chi connectivity index (χ0n) is 11.6. The molecule has 1 fully saturated rings. The molecule has 1 atom stereocenters. The van der Waals surface area contributed by atoms with Crippen molar-refractivity contribution < 1.29 is 8.78 Å². The molecule has 0 bridgehead atoms. The van der Waals surface area contributed by atoms with Crippen molar-refractivity contribution in [3.8, 4) is 6.07 Å². The van der Waals surface area contributed by atoms with Crippen LogP contribution in [0.3, 0.4) is 0 Å². The fourth-order valence-corrected chi connectivity index (χ4v) is 2.50. The number of anilines is 2. The van der Waals surface area contributed by atoms with E-state index in [1.165, 1.54) is 24.5 Å². The zero-order valence-corrected chi connectivity index (χ0v) is 11.6. The Hall–Kier alpha value is -2.75. The smallest absolute Gasteiger partial charge is 0.158 e. The van der Waals surface area contributed by atoms with Crippen molar-refractivity contribution in [2.45, 2.75) is 12.5 Å². The molecule has 3 rings (SSSR count). The fourth-order valence-electron chi connectivity index (χ4n) is 2.50. The summed E-state index contributed by atoms with van der Waals surface area (Å²) < 4.78 is 26.7. The van der Waals surface area contributed by atoms with E-state index in [1.54, 1.807) is 0 Å². The highest BCUT2D eigenvalue weighted by Crippen LogP contribution is 2.25. The number of nitrogens with zero attached hydrogens (tertiary/aromatic N) is 4. The largest absolute Gasteiger partial charge is 0.367 e. The van der Waals surface area contributed by atoms with Crippen LogP contribution < -0.4 is 10.2 Å². The normalized spacial score (nSPS) is 17.3. The first-order chi connectivity index (χ1) is 10.7. The lowest BCUT2D eigenvalue weighted by molar-refractivity contribution is 0.581. The molecule has 112 valence electrons. The van der Waals surface area contributed by atoms with Crippen LogP contribution in [0, 0.1) is 23.0 Å². The van der Waals surface area contributed by atoms with Crippen molar-refractivity contribution in [2.75, 3.05) is 23.3 Å². The predicted molar refractivity (Wildman–Crippen MR) is 77.3 cm³/mol. The Labute approximate surface area is 126 Å². The molecule has 1 saturated heterocycles. The predicted octanol–water partition coefficient (Wildman–Crippen LogP) is 2.32. The second kappa shape index (κ2) is 5.93. The van der Waals surface area contributed by atoms with Gasteiger partial charge in [-0.2, -0.15) is 5.26 Å². The lowest BCUT2D eigenvalue weighted by Crippen LogP contribution is -2.27. The Kier molecular flexibility index (Phi) is 3.83. The minimum absolute atomic E-state index is 0.0895. The van der Waals surface area contributed by atoms with Crippen LogP contribution >= 0.6 is 0 Å².